The van der Waals surface area contributed by atoms with Gasteiger partial charge in [0, 0.05) is 23.3 Å². The van der Waals surface area contributed by atoms with Crippen LogP contribution in [0.3, 0.4) is 0 Å². The third-order valence-electron chi connectivity index (χ3n) is 5.90. The van der Waals surface area contributed by atoms with E-state index >= 15 is 0 Å². The van der Waals surface area contributed by atoms with Crippen LogP contribution < -0.4 is 14.2 Å². The zero-order valence-corrected chi connectivity index (χ0v) is 22.3. The lowest BCUT2D eigenvalue weighted by atomic mass is 10.0. The first-order valence-electron chi connectivity index (χ1n) is 12.9. The van der Waals surface area contributed by atoms with Gasteiger partial charge in [-0.15, -0.1) is 0 Å². The minimum atomic E-state index is 0.664. The Hall–Kier alpha value is -3.37. The lowest BCUT2D eigenvalue weighted by Crippen LogP contribution is -1.96. The van der Waals surface area contributed by atoms with Gasteiger partial charge in [0.2, 0.25) is 21.1 Å². The molecule has 0 N–H and O–H groups in total. The molecule has 0 atom stereocenters. The van der Waals surface area contributed by atoms with Gasteiger partial charge >= 0.3 is 0 Å². The van der Waals surface area contributed by atoms with Gasteiger partial charge in [-0.05, 0) is 92.1 Å². The van der Waals surface area contributed by atoms with E-state index in [9.17, 15) is 0 Å². The molecule has 1 heterocycles. The van der Waals surface area contributed by atoms with E-state index in [4.69, 9.17) is 14.2 Å². The van der Waals surface area contributed by atoms with Crippen molar-refractivity contribution >= 4 is 11.3 Å². The Balaban J connectivity index is 1.67. The van der Waals surface area contributed by atoms with Crippen LogP contribution in [-0.4, -0.2) is 19.8 Å². The highest BCUT2D eigenvalue weighted by Gasteiger charge is 2.20. The van der Waals surface area contributed by atoms with E-state index in [0.717, 1.165) is 30.3 Å². The Kier molecular flexibility index (Phi) is 9.34. The molecule has 0 spiro atoms. The summed E-state index contributed by atoms with van der Waals surface area (Å²) < 4.78 is 17.2. The molecule has 4 rings (SSSR count). The summed E-state index contributed by atoms with van der Waals surface area (Å²) >= 11 is 1.79. The summed E-state index contributed by atoms with van der Waals surface area (Å²) in [6.45, 7) is 8.31. The molecule has 0 aliphatic heterocycles. The molecule has 4 aromatic rings. The standard InChI is InChI=1S/C32H35O3S/c1-4-7-8-21-35-30-15-9-24(10-16-30)27-22-31(25-11-17-28(18-12-25)33-5-2)36-32(23-27)26-13-19-29(20-14-26)34-6-3/h9-20,22-23H,4-8,21H2,1-3H3/q+1. The van der Waals surface area contributed by atoms with Crippen LogP contribution in [-0.2, 0) is 0 Å². The minimum Gasteiger partial charge on any atom is -0.494 e. The molecular weight excluding hydrogens is 464 g/mol. The molecule has 186 valence electrons. The molecule has 0 saturated carbocycles. The summed E-state index contributed by atoms with van der Waals surface area (Å²) in [7, 11) is 0. The molecule has 0 amide bonds. The van der Waals surface area contributed by atoms with Gasteiger partial charge in [-0.25, -0.2) is 0 Å². The highest BCUT2D eigenvalue weighted by atomic mass is 32.1. The highest BCUT2D eigenvalue weighted by Crippen LogP contribution is 2.38. The van der Waals surface area contributed by atoms with Crippen molar-refractivity contribution in [3.05, 3.63) is 84.9 Å². The van der Waals surface area contributed by atoms with Crippen molar-refractivity contribution in [3.63, 3.8) is 0 Å². The largest absolute Gasteiger partial charge is 0.494 e. The summed E-state index contributed by atoms with van der Waals surface area (Å²) in [6.07, 6.45) is 3.49. The van der Waals surface area contributed by atoms with Crippen molar-refractivity contribution in [1.29, 1.82) is 0 Å². The van der Waals surface area contributed by atoms with Gasteiger partial charge in [-0.2, -0.15) is 0 Å². The fourth-order valence-electron chi connectivity index (χ4n) is 4.00. The maximum atomic E-state index is 5.93. The predicted molar refractivity (Wildman–Crippen MR) is 152 cm³/mol. The van der Waals surface area contributed by atoms with Crippen LogP contribution in [0.15, 0.2) is 84.9 Å². The molecule has 0 aliphatic rings. The van der Waals surface area contributed by atoms with Crippen LogP contribution in [0, 0.1) is 0 Å². The monoisotopic (exact) mass is 499 g/mol. The zero-order valence-electron chi connectivity index (χ0n) is 21.5. The number of hydrogen-bond donors (Lipinski definition) is 0. The van der Waals surface area contributed by atoms with E-state index in [1.807, 2.05) is 38.1 Å². The molecule has 0 bridgehead atoms. The number of hydrogen-bond acceptors (Lipinski definition) is 3. The molecule has 0 aliphatic carbocycles. The van der Waals surface area contributed by atoms with E-state index in [2.05, 4.69) is 67.6 Å². The summed E-state index contributed by atoms with van der Waals surface area (Å²) in [5.41, 5.74) is 4.70. The van der Waals surface area contributed by atoms with Crippen LogP contribution in [0.2, 0.25) is 0 Å². The van der Waals surface area contributed by atoms with E-state index in [-0.39, 0.29) is 0 Å². The van der Waals surface area contributed by atoms with E-state index in [1.165, 1.54) is 44.8 Å². The molecule has 0 unspecified atom stereocenters. The van der Waals surface area contributed by atoms with Crippen molar-refractivity contribution in [3.8, 4) is 49.3 Å². The summed E-state index contributed by atoms with van der Waals surface area (Å²) in [6, 6.07) is 29.7. The second-order valence-corrected chi connectivity index (χ2v) is 9.65. The Morgan fingerprint density at radius 1 is 0.500 bits per heavy atom. The number of ether oxygens (including phenoxy) is 3. The fraction of sp³-hybridized carbons (Fsp3) is 0.281. The topological polar surface area (TPSA) is 27.7 Å². The first-order valence-corrected chi connectivity index (χ1v) is 13.7. The number of benzene rings is 3. The van der Waals surface area contributed by atoms with Crippen molar-refractivity contribution in [1.82, 2.24) is 0 Å². The molecule has 3 aromatic carbocycles. The average Bonchev–Trinajstić information content (AvgIpc) is 2.92. The van der Waals surface area contributed by atoms with Crippen molar-refractivity contribution < 1.29 is 14.2 Å². The van der Waals surface area contributed by atoms with Crippen LogP contribution in [0.25, 0.3) is 32.0 Å². The minimum absolute atomic E-state index is 0.664. The summed E-state index contributed by atoms with van der Waals surface area (Å²) in [4.78, 5) is 2.42. The van der Waals surface area contributed by atoms with Gasteiger partial charge in [0.15, 0.2) is 0 Å². The zero-order chi connectivity index (χ0) is 25.2. The molecule has 3 nitrogen and oxygen atoms in total. The second kappa shape index (κ2) is 13.1. The van der Waals surface area contributed by atoms with Gasteiger partial charge in [0.1, 0.15) is 17.2 Å². The van der Waals surface area contributed by atoms with E-state index in [0.29, 0.717) is 13.2 Å². The molecule has 0 radical (unpaired) electrons. The number of unbranched alkanes of at least 4 members (excludes halogenated alkanes) is 2. The van der Waals surface area contributed by atoms with Crippen molar-refractivity contribution in [2.45, 2.75) is 40.0 Å². The van der Waals surface area contributed by atoms with Crippen LogP contribution in [0.5, 0.6) is 17.2 Å². The fourth-order valence-corrected chi connectivity index (χ4v) is 5.12. The quantitative estimate of drug-likeness (QED) is 0.143. The molecule has 36 heavy (non-hydrogen) atoms. The summed E-state index contributed by atoms with van der Waals surface area (Å²) in [5, 5.41) is 0. The normalized spacial score (nSPS) is 10.8. The van der Waals surface area contributed by atoms with Gasteiger partial charge in [-0.1, -0.05) is 31.9 Å². The third kappa shape index (κ3) is 6.86. The molecule has 1 aromatic heterocycles. The molecular formula is C32H35O3S+. The third-order valence-corrected chi connectivity index (χ3v) is 7.04. The Morgan fingerprint density at radius 2 is 0.944 bits per heavy atom. The van der Waals surface area contributed by atoms with Crippen LogP contribution in [0.4, 0.5) is 0 Å². The highest BCUT2D eigenvalue weighted by molar-refractivity contribution is 7.18. The lowest BCUT2D eigenvalue weighted by molar-refractivity contribution is 0.306. The van der Waals surface area contributed by atoms with Gasteiger partial charge < -0.3 is 14.2 Å². The first-order chi connectivity index (χ1) is 17.7. The van der Waals surface area contributed by atoms with Crippen LogP contribution >= 0.6 is 11.3 Å². The molecule has 0 saturated heterocycles. The Bertz CT molecular complexity index is 1150. The smallest absolute Gasteiger partial charge is 0.239 e. The van der Waals surface area contributed by atoms with E-state index in [1.54, 1.807) is 11.3 Å². The van der Waals surface area contributed by atoms with Gasteiger partial charge in [0.05, 0.1) is 19.8 Å². The SMILES string of the molecule is CCCCCOc1ccc(-c2cc(-c3ccc(OCC)cc3)[s+]c(-c3ccc(OCC)cc3)c2)cc1. The first kappa shape index (κ1) is 25.7. The lowest BCUT2D eigenvalue weighted by Gasteiger charge is -2.08. The van der Waals surface area contributed by atoms with E-state index < -0.39 is 0 Å². The maximum absolute atomic E-state index is 5.93. The Labute approximate surface area is 219 Å². The van der Waals surface area contributed by atoms with Gasteiger partial charge in [0.25, 0.3) is 0 Å². The van der Waals surface area contributed by atoms with Gasteiger partial charge in [-0.3, -0.25) is 0 Å². The Morgan fingerprint density at radius 3 is 1.39 bits per heavy atom. The van der Waals surface area contributed by atoms with Crippen molar-refractivity contribution in [2.75, 3.05) is 19.8 Å². The summed E-state index contributed by atoms with van der Waals surface area (Å²) in [5.74, 6) is 2.71. The predicted octanol–water partition coefficient (Wildman–Crippen LogP) is 9.40. The second-order valence-electron chi connectivity index (χ2n) is 8.57. The van der Waals surface area contributed by atoms with Crippen LogP contribution in [0.1, 0.15) is 40.0 Å². The molecule has 4 heteroatoms. The maximum Gasteiger partial charge on any atom is 0.239 e. The number of rotatable bonds is 12. The molecule has 0 fully saturated rings. The average molecular weight is 500 g/mol. The van der Waals surface area contributed by atoms with Crippen molar-refractivity contribution in [2.24, 2.45) is 0 Å².